The molecule has 0 saturated heterocycles. The summed E-state index contributed by atoms with van der Waals surface area (Å²) in [6.45, 7) is 11.3. The van der Waals surface area contributed by atoms with Crippen LogP contribution in [0.4, 0.5) is 0 Å². The van der Waals surface area contributed by atoms with E-state index in [1.807, 2.05) is 0 Å². The quantitative estimate of drug-likeness (QED) is 0.837. The average molecular weight is 348 g/mol. The van der Waals surface area contributed by atoms with Gasteiger partial charge in [-0.05, 0) is 49.9 Å². The van der Waals surface area contributed by atoms with Crippen molar-refractivity contribution in [3.63, 3.8) is 0 Å². The smallest absolute Gasteiger partial charge is 0.217 e. The van der Waals surface area contributed by atoms with Crippen LogP contribution < -0.4 is 0 Å². The van der Waals surface area contributed by atoms with Crippen molar-refractivity contribution in [1.82, 2.24) is 0 Å². The molecule has 0 radical (unpaired) electrons. The molecule has 2 aromatic rings. The van der Waals surface area contributed by atoms with Gasteiger partial charge in [-0.1, -0.05) is 35.4 Å². The third kappa shape index (κ3) is 2.90. The maximum Gasteiger partial charge on any atom is 0.217 e. The van der Waals surface area contributed by atoms with Crippen molar-refractivity contribution in [2.24, 2.45) is 9.98 Å². The van der Waals surface area contributed by atoms with Gasteiger partial charge in [0.15, 0.2) is 0 Å². The molecule has 4 nitrogen and oxygen atoms in total. The lowest BCUT2D eigenvalue weighted by atomic mass is 9.88. The van der Waals surface area contributed by atoms with Crippen LogP contribution >= 0.6 is 0 Å². The van der Waals surface area contributed by atoms with Crippen LogP contribution in [-0.2, 0) is 9.47 Å². The van der Waals surface area contributed by atoms with Crippen molar-refractivity contribution in [2.45, 2.75) is 27.7 Å². The van der Waals surface area contributed by atoms with E-state index < -0.39 is 0 Å². The maximum atomic E-state index is 5.84. The van der Waals surface area contributed by atoms with Crippen LogP contribution in [0.1, 0.15) is 33.4 Å². The number of ether oxygens (including phenoxy) is 2. The fourth-order valence-electron chi connectivity index (χ4n) is 3.90. The standard InChI is InChI=1S/C22H24N2O2/c1-13-9-15(3)19(21-23-5-7-25-21)17(11-13)18-12-14(2)10-16(4)20(18)22-24-6-8-26-22/h9-12H,5-8H2,1-4H3. The Morgan fingerprint density at radius 3 is 1.42 bits per heavy atom. The summed E-state index contributed by atoms with van der Waals surface area (Å²) in [6, 6.07) is 8.82. The second-order valence-corrected chi connectivity index (χ2v) is 7.08. The molecule has 0 aromatic heterocycles. The summed E-state index contributed by atoms with van der Waals surface area (Å²) >= 11 is 0. The van der Waals surface area contributed by atoms with Crippen LogP contribution in [0.2, 0.25) is 0 Å². The molecule has 0 atom stereocenters. The van der Waals surface area contributed by atoms with Gasteiger partial charge in [0.2, 0.25) is 11.8 Å². The zero-order valence-corrected chi connectivity index (χ0v) is 15.8. The third-order valence-corrected chi connectivity index (χ3v) is 4.85. The van der Waals surface area contributed by atoms with Crippen LogP contribution in [0.25, 0.3) is 11.1 Å². The SMILES string of the molecule is Cc1cc(C)c(C2=NCCO2)c(-c2cc(C)cc(C)c2C2=NCCO2)c1. The highest BCUT2D eigenvalue weighted by Gasteiger charge is 2.24. The Morgan fingerprint density at radius 2 is 1.08 bits per heavy atom. The van der Waals surface area contributed by atoms with Crippen LogP contribution in [0.3, 0.4) is 0 Å². The lowest BCUT2D eigenvalue weighted by Crippen LogP contribution is -2.11. The minimum absolute atomic E-state index is 0.650. The number of aryl methyl sites for hydroxylation is 4. The van der Waals surface area contributed by atoms with Crippen LogP contribution in [0, 0.1) is 27.7 Å². The molecular formula is C22H24N2O2. The summed E-state index contributed by atoms with van der Waals surface area (Å²) in [6.07, 6.45) is 0. The van der Waals surface area contributed by atoms with Crippen molar-refractivity contribution in [3.05, 3.63) is 57.6 Å². The van der Waals surface area contributed by atoms with E-state index in [1.165, 1.54) is 22.3 Å². The molecule has 0 bridgehead atoms. The molecular weight excluding hydrogens is 324 g/mol. The van der Waals surface area contributed by atoms with E-state index >= 15 is 0 Å². The highest BCUT2D eigenvalue weighted by Crippen LogP contribution is 2.35. The molecule has 0 unspecified atom stereocenters. The first kappa shape index (κ1) is 16.8. The van der Waals surface area contributed by atoms with Gasteiger partial charge in [-0.25, -0.2) is 9.98 Å². The summed E-state index contributed by atoms with van der Waals surface area (Å²) in [5.74, 6) is 1.49. The highest BCUT2D eigenvalue weighted by molar-refractivity contribution is 6.08. The zero-order chi connectivity index (χ0) is 18.3. The first-order valence-corrected chi connectivity index (χ1v) is 9.12. The van der Waals surface area contributed by atoms with E-state index in [2.05, 4.69) is 61.9 Å². The van der Waals surface area contributed by atoms with E-state index in [4.69, 9.17) is 9.47 Å². The summed E-state index contributed by atoms with van der Waals surface area (Å²) < 4.78 is 11.7. The fourth-order valence-corrected chi connectivity index (χ4v) is 3.90. The Bertz CT molecular complexity index is 864. The van der Waals surface area contributed by atoms with Crippen LogP contribution in [-0.4, -0.2) is 38.1 Å². The van der Waals surface area contributed by atoms with Crippen molar-refractivity contribution in [3.8, 4) is 11.1 Å². The number of benzene rings is 2. The second-order valence-electron chi connectivity index (χ2n) is 7.08. The van der Waals surface area contributed by atoms with E-state index in [0.717, 1.165) is 47.1 Å². The summed E-state index contributed by atoms with van der Waals surface area (Å²) in [5, 5.41) is 0. The predicted octanol–water partition coefficient (Wildman–Crippen LogP) is 4.14. The molecule has 0 aliphatic carbocycles. The molecule has 2 aromatic carbocycles. The average Bonchev–Trinajstić information content (AvgIpc) is 3.26. The molecule has 0 saturated carbocycles. The van der Waals surface area contributed by atoms with E-state index in [-0.39, 0.29) is 0 Å². The van der Waals surface area contributed by atoms with Gasteiger partial charge >= 0.3 is 0 Å². The lowest BCUT2D eigenvalue weighted by molar-refractivity contribution is 0.348. The fraction of sp³-hybridized carbons (Fsp3) is 0.364. The summed E-state index contributed by atoms with van der Waals surface area (Å²) in [4.78, 5) is 9.18. The van der Waals surface area contributed by atoms with Crippen molar-refractivity contribution >= 4 is 11.8 Å². The van der Waals surface area contributed by atoms with Gasteiger partial charge in [-0.2, -0.15) is 0 Å². The molecule has 0 amide bonds. The Kier molecular flexibility index (Phi) is 4.27. The Labute approximate surface area is 154 Å². The minimum Gasteiger partial charge on any atom is -0.475 e. The molecule has 0 fully saturated rings. The second kappa shape index (κ2) is 6.60. The number of nitrogens with zero attached hydrogens (tertiary/aromatic N) is 2. The Hall–Kier alpha value is -2.62. The van der Waals surface area contributed by atoms with Crippen LogP contribution in [0.5, 0.6) is 0 Å². The minimum atomic E-state index is 0.650. The van der Waals surface area contributed by atoms with Gasteiger partial charge in [0.25, 0.3) is 0 Å². The van der Waals surface area contributed by atoms with Crippen molar-refractivity contribution in [1.29, 1.82) is 0 Å². The van der Waals surface area contributed by atoms with Gasteiger partial charge in [-0.3, -0.25) is 0 Å². The molecule has 2 aliphatic heterocycles. The molecule has 0 spiro atoms. The van der Waals surface area contributed by atoms with Gasteiger partial charge < -0.3 is 9.47 Å². The van der Waals surface area contributed by atoms with E-state index in [9.17, 15) is 0 Å². The predicted molar refractivity (Wildman–Crippen MR) is 106 cm³/mol. The summed E-state index contributed by atoms with van der Waals surface area (Å²) in [7, 11) is 0. The first-order chi connectivity index (χ1) is 12.5. The zero-order valence-electron chi connectivity index (χ0n) is 15.8. The molecule has 4 rings (SSSR count). The molecule has 0 N–H and O–H groups in total. The monoisotopic (exact) mass is 348 g/mol. The molecule has 26 heavy (non-hydrogen) atoms. The maximum absolute atomic E-state index is 5.84. The molecule has 2 aliphatic rings. The number of hydrogen-bond acceptors (Lipinski definition) is 4. The van der Waals surface area contributed by atoms with Gasteiger partial charge in [0.05, 0.1) is 13.1 Å². The van der Waals surface area contributed by atoms with Gasteiger partial charge in [0, 0.05) is 11.1 Å². The van der Waals surface area contributed by atoms with Crippen LogP contribution in [0.15, 0.2) is 34.3 Å². The first-order valence-electron chi connectivity index (χ1n) is 9.12. The van der Waals surface area contributed by atoms with E-state index in [0.29, 0.717) is 13.2 Å². The highest BCUT2D eigenvalue weighted by atomic mass is 16.5. The Balaban J connectivity index is 2.02. The summed E-state index contributed by atoms with van der Waals surface area (Å²) in [5.41, 5.74) is 9.25. The molecule has 4 heteroatoms. The topological polar surface area (TPSA) is 43.2 Å². The number of aliphatic imine (C=N–C) groups is 2. The molecule has 134 valence electrons. The van der Waals surface area contributed by atoms with Gasteiger partial charge in [-0.15, -0.1) is 0 Å². The number of rotatable bonds is 3. The van der Waals surface area contributed by atoms with Gasteiger partial charge in [0.1, 0.15) is 13.2 Å². The van der Waals surface area contributed by atoms with Crippen molar-refractivity contribution in [2.75, 3.05) is 26.3 Å². The lowest BCUT2D eigenvalue weighted by Gasteiger charge is -2.19. The third-order valence-electron chi connectivity index (χ3n) is 4.85. The normalized spacial score (nSPS) is 16.2. The van der Waals surface area contributed by atoms with Crippen molar-refractivity contribution < 1.29 is 9.47 Å². The largest absolute Gasteiger partial charge is 0.475 e. The number of hydrogen-bond donors (Lipinski definition) is 0. The molecule has 2 heterocycles. The van der Waals surface area contributed by atoms with E-state index in [1.54, 1.807) is 0 Å². The Morgan fingerprint density at radius 1 is 0.654 bits per heavy atom.